The van der Waals surface area contributed by atoms with E-state index in [1.807, 2.05) is 54.2 Å². The molecule has 184 valence electrons. The van der Waals surface area contributed by atoms with E-state index >= 15 is 0 Å². The number of aromatic nitrogens is 3. The summed E-state index contributed by atoms with van der Waals surface area (Å²) in [5, 5.41) is 6.92. The number of thiazole rings is 1. The maximum absolute atomic E-state index is 13.5. The average molecular weight is 518 g/mol. The maximum Gasteiger partial charge on any atom is 0.268 e. The van der Waals surface area contributed by atoms with Crippen molar-refractivity contribution in [1.82, 2.24) is 15.0 Å². The van der Waals surface area contributed by atoms with Crippen molar-refractivity contribution in [3.8, 4) is 11.3 Å². The van der Waals surface area contributed by atoms with Crippen LogP contribution in [0.15, 0.2) is 60.4 Å². The molecule has 7 nitrogen and oxygen atoms in total. The molecule has 0 fully saturated rings. The van der Waals surface area contributed by atoms with Gasteiger partial charge in [-0.25, -0.2) is 4.98 Å². The molecule has 0 bridgehead atoms. The van der Waals surface area contributed by atoms with Crippen LogP contribution in [0.3, 0.4) is 0 Å². The third-order valence-corrected chi connectivity index (χ3v) is 8.10. The van der Waals surface area contributed by atoms with Crippen molar-refractivity contribution in [2.45, 2.75) is 31.9 Å². The maximum atomic E-state index is 13.5. The first-order chi connectivity index (χ1) is 17.5. The first-order valence-corrected chi connectivity index (χ1v) is 13.8. The SMILES string of the molecule is CC(C)SCC1CC(=O)c2c([nH]c(-c3cccnc3NC(=O)c3cncs3)c2Nc2ccccc2)C1. The minimum Gasteiger partial charge on any atom is -0.356 e. The molecule has 0 saturated heterocycles. The lowest BCUT2D eigenvalue weighted by atomic mass is 9.87. The minimum atomic E-state index is -0.270. The molecular formula is C27H27N5O2S2. The van der Waals surface area contributed by atoms with E-state index < -0.39 is 0 Å². The van der Waals surface area contributed by atoms with Crippen molar-refractivity contribution in [2.24, 2.45) is 5.92 Å². The largest absolute Gasteiger partial charge is 0.356 e. The second-order valence-corrected chi connectivity index (χ2v) is 11.5. The second-order valence-electron chi connectivity index (χ2n) is 9.02. The smallest absolute Gasteiger partial charge is 0.268 e. The third kappa shape index (κ3) is 5.22. The molecule has 4 aromatic rings. The summed E-state index contributed by atoms with van der Waals surface area (Å²) in [5.41, 5.74) is 6.30. The van der Waals surface area contributed by atoms with Crippen LogP contribution < -0.4 is 10.6 Å². The second kappa shape index (κ2) is 10.7. The number of nitrogens with zero attached hydrogens (tertiary/aromatic N) is 2. The predicted octanol–water partition coefficient (Wildman–Crippen LogP) is 6.42. The van der Waals surface area contributed by atoms with Crippen molar-refractivity contribution >= 4 is 52.0 Å². The van der Waals surface area contributed by atoms with E-state index in [0.717, 1.165) is 34.9 Å². The van der Waals surface area contributed by atoms with Gasteiger partial charge in [0, 0.05) is 29.6 Å². The number of hydrogen-bond acceptors (Lipinski definition) is 7. The van der Waals surface area contributed by atoms with Crippen LogP contribution in [-0.4, -0.2) is 37.6 Å². The van der Waals surface area contributed by atoms with Crippen LogP contribution in [0.5, 0.6) is 0 Å². The topological polar surface area (TPSA) is 99.8 Å². The number of H-pyrrole nitrogens is 1. The Hall–Kier alpha value is -3.43. The Balaban J connectivity index is 1.56. The zero-order valence-corrected chi connectivity index (χ0v) is 21.7. The molecule has 3 N–H and O–H groups in total. The Bertz CT molecular complexity index is 1370. The molecule has 1 amide bonds. The van der Waals surface area contributed by atoms with Crippen LogP contribution in [0, 0.1) is 5.92 Å². The number of hydrogen-bond donors (Lipinski definition) is 3. The number of anilines is 3. The highest BCUT2D eigenvalue weighted by atomic mass is 32.2. The van der Waals surface area contributed by atoms with Gasteiger partial charge in [0.15, 0.2) is 5.78 Å². The molecule has 3 heterocycles. The number of para-hydroxylation sites is 1. The van der Waals surface area contributed by atoms with Gasteiger partial charge in [0.1, 0.15) is 10.7 Å². The van der Waals surface area contributed by atoms with E-state index in [9.17, 15) is 9.59 Å². The van der Waals surface area contributed by atoms with E-state index in [0.29, 0.717) is 33.5 Å². The predicted molar refractivity (Wildman–Crippen MR) is 148 cm³/mol. The number of ketones is 1. The summed E-state index contributed by atoms with van der Waals surface area (Å²) in [7, 11) is 0. The number of carbonyl (C=O) groups excluding carboxylic acids is 2. The summed E-state index contributed by atoms with van der Waals surface area (Å²) in [4.78, 5) is 38.7. The highest BCUT2D eigenvalue weighted by Crippen LogP contribution is 2.42. The number of amides is 1. The molecular weight excluding hydrogens is 490 g/mol. The number of fused-ring (bicyclic) bond motifs is 1. The molecule has 1 aliphatic carbocycles. The van der Waals surface area contributed by atoms with Gasteiger partial charge in [-0.3, -0.25) is 14.6 Å². The zero-order chi connectivity index (χ0) is 25.1. The quantitative estimate of drug-likeness (QED) is 0.250. The van der Waals surface area contributed by atoms with Gasteiger partial charge in [-0.1, -0.05) is 32.0 Å². The van der Waals surface area contributed by atoms with Crippen molar-refractivity contribution in [3.05, 3.63) is 76.5 Å². The number of carbonyl (C=O) groups is 2. The minimum absolute atomic E-state index is 0.130. The van der Waals surface area contributed by atoms with E-state index in [-0.39, 0.29) is 17.6 Å². The molecule has 1 atom stereocenters. The monoisotopic (exact) mass is 517 g/mol. The Kier molecular flexibility index (Phi) is 7.20. The van der Waals surface area contributed by atoms with Crippen molar-refractivity contribution in [1.29, 1.82) is 0 Å². The fourth-order valence-corrected chi connectivity index (χ4v) is 5.79. The number of benzene rings is 1. The molecule has 1 unspecified atom stereocenters. The summed E-state index contributed by atoms with van der Waals surface area (Å²) < 4.78 is 0. The lowest BCUT2D eigenvalue weighted by molar-refractivity contribution is 0.0954. The molecule has 1 aliphatic rings. The molecule has 36 heavy (non-hydrogen) atoms. The first kappa shape index (κ1) is 24.3. The van der Waals surface area contributed by atoms with Gasteiger partial charge in [-0.15, -0.1) is 11.3 Å². The molecule has 0 saturated carbocycles. The van der Waals surface area contributed by atoms with Gasteiger partial charge in [0.25, 0.3) is 5.91 Å². The van der Waals surface area contributed by atoms with Gasteiger partial charge in [-0.2, -0.15) is 11.8 Å². The molecule has 9 heteroatoms. The summed E-state index contributed by atoms with van der Waals surface area (Å²) in [6.45, 7) is 4.36. The Morgan fingerprint density at radius 2 is 2.03 bits per heavy atom. The highest BCUT2D eigenvalue weighted by Gasteiger charge is 2.32. The third-order valence-electron chi connectivity index (χ3n) is 6.00. The number of nitrogens with one attached hydrogen (secondary N) is 3. The lowest BCUT2D eigenvalue weighted by Gasteiger charge is -2.22. The van der Waals surface area contributed by atoms with Gasteiger partial charge in [-0.05, 0) is 47.6 Å². The van der Waals surface area contributed by atoms with Crippen LogP contribution in [0.1, 0.15) is 46.0 Å². The number of rotatable bonds is 8. The van der Waals surface area contributed by atoms with Gasteiger partial charge in [0.2, 0.25) is 0 Å². The zero-order valence-electron chi connectivity index (χ0n) is 20.1. The Morgan fingerprint density at radius 1 is 1.19 bits per heavy atom. The van der Waals surface area contributed by atoms with E-state index in [4.69, 9.17) is 0 Å². The normalized spacial score (nSPS) is 15.1. The first-order valence-electron chi connectivity index (χ1n) is 11.9. The number of pyridine rings is 1. The van der Waals surface area contributed by atoms with Crippen LogP contribution >= 0.6 is 23.1 Å². The standard InChI is InChI=1S/C27H27N5O2S2/c1-16(2)35-14-17-11-20-23(21(33)12-17)25(30-18-7-4-3-5-8-18)24(31-20)19-9-6-10-29-26(19)32-27(34)22-13-28-15-36-22/h3-10,13,15-17,30-31H,11-12,14H2,1-2H3,(H,29,32,34). The van der Waals surface area contributed by atoms with Crippen LogP contribution in [0.25, 0.3) is 11.3 Å². The summed E-state index contributed by atoms with van der Waals surface area (Å²) in [6, 6.07) is 13.5. The highest BCUT2D eigenvalue weighted by molar-refractivity contribution is 7.99. The van der Waals surface area contributed by atoms with E-state index in [2.05, 4.69) is 39.4 Å². The van der Waals surface area contributed by atoms with Gasteiger partial charge < -0.3 is 15.6 Å². The molecule has 0 aliphatic heterocycles. The summed E-state index contributed by atoms with van der Waals surface area (Å²) in [5.74, 6) is 1.51. The van der Waals surface area contributed by atoms with Crippen LogP contribution in [0.2, 0.25) is 0 Å². The Morgan fingerprint density at radius 3 is 2.78 bits per heavy atom. The molecule has 1 aromatic carbocycles. The fraction of sp³-hybridized carbons (Fsp3) is 0.259. The molecule has 5 rings (SSSR count). The van der Waals surface area contributed by atoms with E-state index in [1.165, 1.54) is 17.5 Å². The number of Topliss-reactive ketones (excluding diaryl/α,β-unsaturated/α-hetero) is 1. The fourth-order valence-electron chi connectivity index (χ4n) is 4.38. The average Bonchev–Trinajstić information content (AvgIpc) is 3.53. The van der Waals surface area contributed by atoms with Crippen LogP contribution in [-0.2, 0) is 6.42 Å². The van der Waals surface area contributed by atoms with E-state index in [1.54, 1.807) is 11.7 Å². The lowest BCUT2D eigenvalue weighted by Crippen LogP contribution is -2.22. The Labute approximate surface area is 218 Å². The number of aromatic amines is 1. The van der Waals surface area contributed by atoms with Gasteiger partial charge >= 0.3 is 0 Å². The van der Waals surface area contributed by atoms with Crippen molar-refractivity contribution < 1.29 is 9.59 Å². The van der Waals surface area contributed by atoms with Crippen molar-refractivity contribution in [3.63, 3.8) is 0 Å². The molecule has 0 spiro atoms. The van der Waals surface area contributed by atoms with Gasteiger partial charge in [0.05, 0.1) is 28.7 Å². The van der Waals surface area contributed by atoms with Crippen molar-refractivity contribution in [2.75, 3.05) is 16.4 Å². The summed E-state index contributed by atoms with van der Waals surface area (Å²) in [6.07, 6.45) is 4.50. The van der Waals surface area contributed by atoms with Crippen LogP contribution in [0.4, 0.5) is 17.2 Å². The summed E-state index contributed by atoms with van der Waals surface area (Å²) >= 11 is 3.16. The number of thioether (sulfide) groups is 1. The molecule has 3 aromatic heterocycles. The molecule has 0 radical (unpaired) electrons.